The maximum Gasteiger partial charge on any atom is 0.408 e. The van der Waals surface area contributed by atoms with Gasteiger partial charge in [0.15, 0.2) is 0 Å². The Labute approximate surface area is 238 Å². The van der Waals surface area contributed by atoms with Gasteiger partial charge in [-0.25, -0.2) is 21.9 Å². The molecule has 2 bridgehead atoms. The van der Waals surface area contributed by atoms with Crippen LogP contribution in [-0.2, 0) is 29.1 Å². The number of rotatable bonds is 7. The number of sulfonamides is 1. The molecule has 1 saturated heterocycles. The lowest BCUT2D eigenvalue weighted by Gasteiger charge is -2.37. The highest BCUT2D eigenvalue weighted by atomic mass is 32.2. The van der Waals surface area contributed by atoms with Gasteiger partial charge < -0.3 is 14.8 Å². The summed E-state index contributed by atoms with van der Waals surface area (Å²) in [5.74, 6) is -4.19. The lowest BCUT2D eigenvalue weighted by Crippen LogP contribution is -2.47. The summed E-state index contributed by atoms with van der Waals surface area (Å²) in [6.07, 6.45) is 1.75. The van der Waals surface area contributed by atoms with E-state index in [1.807, 2.05) is 0 Å². The van der Waals surface area contributed by atoms with E-state index in [9.17, 15) is 22.8 Å². The van der Waals surface area contributed by atoms with Crippen molar-refractivity contribution in [2.45, 2.75) is 118 Å². The molecule has 3 fully saturated rings. The molecule has 40 heavy (non-hydrogen) atoms. The lowest BCUT2D eigenvalue weighted by atomic mass is 9.69. The number of esters is 1. The van der Waals surface area contributed by atoms with Gasteiger partial charge in [-0.1, -0.05) is 27.7 Å². The first-order valence-corrected chi connectivity index (χ1v) is 15.8. The zero-order chi connectivity index (χ0) is 30.6. The Hall–Kier alpha value is -2.17. The van der Waals surface area contributed by atoms with Crippen LogP contribution in [0.1, 0.15) is 94.9 Å². The topological polar surface area (TPSA) is 119 Å². The fraction of sp³-hybridized carbons (Fsp3) is 0.828. The Balaban J connectivity index is 1.98. The third-order valence-electron chi connectivity index (χ3n) is 8.75. The van der Waals surface area contributed by atoms with Crippen LogP contribution in [0.2, 0.25) is 0 Å². The van der Waals surface area contributed by atoms with Crippen LogP contribution in [0.4, 0.5) is 9.18 Å². The molecule has 228 valence electrons. The van der Waals surface area contributed by atoms with Gasteiger partial charge >= 0.3 is 12.1 Å². The van der Waals surface area contributed by atoms with E-state index < -0.39 is 80.8 Å². The summed E-state index contributed by atoms with van der Waals surface area (Å²) < 4.78 is 54.5. The molecule has 1 aliphatic heterocycles. The summed E-state index contributed by atoms with van der Waals surface area (Å²) in [7, 11) is -4.00. The van der Waals surface area contributed by atoms with Crippen LogP contribution in [-0.4, -0.2) is 59.7 Å². The molecule has 0 aromatic heterocycles. The molecule has 1 N–H and O–H groups in total. The van der Waals surface area contributed by atoms with Crippen molar-refractivity contribution in [2.24, 2.45) is 28.6 Å². The van der Waals surface area contributed by atoms with E-state index in [0.717, 1.165) is 16.8 Å². The minimum atomic E-state index is -4.00. The quantitative estimate of drug-likeness (QED) is 0.412. The van der Waals surface area contributed by atoms with Crippen molar-refractivity contribution in [3.8, 4) is 0 Å². The van der Waals surface area contributed by atoms with Gasteiger partial charge in [-0.2, -0.15) is 0 Å². The van der Waals surface area contributed by atoms with E-state index >= 15 is 4.39 Å². The minimum Gasteiger partial charge on any atom is -0.460 e. The molecular weight excluding hydrogens is 539 g/mol. The van der Waals surface area contributed by atoms with Crippen molar-refractivity contribution in [1.29, 1.82) is 0 Å². The maximum absolute atomic E-state index is 15.8. The van der Waals surface area contributed by atoms with Gasteiger partial charge in [0.05, 0.1) is 30.2 Å². The number of nitrogens with one attached hydrogen (secondary N) is 1. The Kier molecular flexibility index (Phi) is 8.56. The van der Waals surface area contributed by atoms with Crippen molar-refractivity contribution in [3.05, 3.63) is 11.9 Å². The minimum absolute atomic E-state index is 0.139. The Morgan fingerprint density at radius 1 is 1.07 bits per heavy atom. The zero-order valence-electron chi connectivity index (χ0n) is 25.6. The van der Waals surface area contributed by atoms with Crippen molar-refractivity contribution in [2.75, 3.05) is 5.75 Å². The Bertz CT molecular complexity index is 1170. The van der Waals surface area contributed by atoms with Gasteiger partial charge in [-0.05, 0) is 84.1 Å². The molecular formula is C29H47FN2O7S. The predicted molar refractivity (Wildman–Crippen MR) is 149 cm³/mol. The predicted octanol–water partition coefficient (Wildman–Crippen LogP) is 5.10. The van der Waals surface area contributed by atoms with Gasteiger partial charge in [-0.15, -0.1) is 0 Å². The van der Waals surface area contributed by atoms with Gasteiger partial charge in [0.1, 0.15) is 17.0 Å². The number of halogens is 1. The van der Waals surface area contributed by atoms with Crippen LogP contribution < -0.4 is 5.32 Å². The summed E-state index contributed by atoms with van der Waals surface area (Å²) in [6, 6.07) is -1.69. The van der Waals surface area contributed by atoms with E-state index in [0.29, 0.717) is 12.8 Å². The molecule has 2 aliphatic carbocycles. The summed E-state index contributed by atoms with van der Waals surface area (Å²) >= 11 is 0. The first kappa shape index (κ1) is 32.3. The number of hydrogen-bond donors (Lipinski definition) is 1. The normalized spacial score (nSPS) is 28.7. The highest BCUT2D eigenvalue weighted by Crippen LogP contribution is 2.70. The Morgan fingerprint density at radius 3 is 2.15 bits per heavy atom. The Morgan fingerprint density at radius 2 is 1.65 bits per heavy atom. The van der Waals surface area contributed by atoms with Crippen LogP contribution in [0.3, 0.4) is 0 Å². The first-order chi connectivity index (χ1) is 18.0. The van der Waals surface area contributed by atoms with E-state index in [1.165, 1.54) is 0 Å². The number of hydrogen-bond acceptors (Lipinski definition) is 7. The van der Waals surface area contributed by atoms with Crippen molar-refractivity contribution in [3.63, 3.8) is 0 Å². The van der Waals surface area contributed by atoms with E-state index in [4.69, 9.17) is 9.47 Å². The van der Waals surface area contributed by atoms with Gasteiger partial charge in [0.25, 0.3) is 0 Å². The molecule has 11 heteroatoms. The molecule has 0 radical (unpaired) electrons. The maximum atomic E-state index is 15.8. The van der Waals surface area contributed by atoms with E-state index in [-0.39, 0.29) is 17.1 Å². The third kappa shape index (κ3) is 6.34. The molecule has 1 spiro atoms. The molecule has 1 heterocycles. The SMILES string of the molecule is CC(C)[C@H](NC(=O)OC(C)(C)C)/C(F)=C/[C@H](CC(=O)OC(C)(C)C)C(=O)N1[C@H]2C[C@@H]3CC[C@@]2(CS1(=O)=O)C3(C)C. The molecule has 5 atom stereocenters. The summed E-state index contributed by atoms with van der Waals surface area (Å²) in [6.45, 7) is 17.6. The van der Waals surface area contributed by atoms with Gasteiger partial charge in [-0.3, -0.25) is 9.59 Å². The molecule has 3 rings (SSSR count). The highest BCUT2D eigenvalue weighted by molar-refractivity contribution is 7.90. The summed E-state index contributed by atoms with van der Waals surface area (Å²) in [5, 5.41) is 2.50. The smallest absolute Gasteiger partial charge is 0.408 e. The van der Waals surface area contributed by atoms with Crippen LogP contribution in [0.5, 0.6) is 0 Å². The molecule has 3 aliphatic rings. The lowest BCUT2D eigenvalue weighted by molar-refractivity contribution is -0.157. The van der Waals surface area contributed by atoms with Crippen molar-refractivity contribution < 1.29 is 36.7 Å². The average molecular weight is 587 g/mol. The second kappa shape index (κ2) is 10.6. The largest absolute Gasteiger partial charge is 0.460 e. The number of amides is 2. The fourth-order valence-corrected chi connectivity index (χ4v) is 9.39. The summed E-state index contributed by atoms with van der Waals surface area (Å²) in [4.78, 5) is 39.3. The average Bonchev–Trinajstić information content (AvgIpc) is 3.21. The number of carbonyl (C=O) groups excluding carboxylic acids is 3. The first-order valence-electron chi connectivity index (χ1n) is 14.2. The zero-order valence-corrected chi connectivity index (χ0v) is 26.4. The number of ether oxygens (including phenoxy) is 2. The molecule has 2 amide bonds. The monoisotopic (exact) mass is 586 g/mol. The van der Waals surface area contributed by atoms with E-state index in [1.54, 1.807) is 55.4 Å². The second-order valence-corrected chi connectivity index (χ2v) is 16.4. The number of fused-ring (bicyclic) bond motifs is 1. The van der Waals surface area contributed by atoms with Crippen LogP contribution in [0.25, 0.3) is 0 Å². The van der Waals surface area contributed by atoms with Crippen LogP contribution in [0, 0.1) is 28.6 Å². The third-order valence-corrected chi connectivity index (χ3v) is 10.7. The molecule has 9 nitrogen and oxygen atoms in total. The van der Waals surface area contributed by atoms with Gasteiger partial charge in [0, 0.05) is 5.41 Å². The molecule has 0 aromatic rings. The van der Waals surface area contributed by atoms with Gasteiger partial charge in [0.2, 0.25) is 15.9 Å². The molecule has 2 saturated carbocycles. The number of alkyl carbamates (subject to hydrolysis) is 1. The highest BCUT2D eigenvalue weighted by Gasteiger charge is 2.72. The van der Waals surface area contributed by atoms with E-state index in [2.05, 4.69) is 19.2 Å². The van der Waals surface area contributed by atoms with Crippen molar-refractivity contribution >= 4 is 28.0 Å². The standard InChI is InChI=1S/C29H47FN2O7S/c1-17(2)23(31-25(35)39-27(6,7)8)20(30)13-18(14-22(33)38-26(3,4)5)24(34)32-21-15-19-11-12-29(21,28(19,9)10)16-40(32,36)37/h13,17-19,21,23H,11-12,14-16H2,1-10H3,(H,31,35)/b20-13-/t18-,19+,21+,23+,29+/m1/s1. The molecule has 0 unspecified atom stereocenters. The fourth-order valence-electron chi connectivity index (χ4n) is 6.81. The number of carbonyl (C=O) groups is 3. The second-order valence-electron chi connectivity index (χ2n) is 14.6. The van der Waals surface area contributed by atoms with Crippen molar-refractivity contribution in [1.82, 2.24) is 9.62 Å². The number of nitrogens with zero attached hydrogens (tertiary/aromatic N) is 1. The van der Waals surface area contributed by atoms with Crippen LogP contribution in [0.15, 0.2) is 11.9 Å². The molecule has 0 aromatic carbocycles. The summed E-state index contributed by atoms with van der Waals surface area (Å²) in [5.41, 5.74) is -2.50. The van der Waals surface area contributed by atoms with Crippen LogP contribution >= 0.6 is 0 Å².